The van der Waals surface area contributed by atoms with Gasteiger partial charge in [-0.1, -0.05) is 6.07 Å². The summed E-state index contributed by atoms with van der Waals surface area (Å²) in [6, 6.07) is 3.18. The van der Waals surface area contributed by atoms with Crippen molar-refractivity contribution < 1.29 is 14.6 Å². The number of β-amino-alcohol motifs (C(OH)–C–C–N with tert-alkyl or cyclic N) is 1. The standard InChI is InChI=1S/C13H19FN2O2/c14-13-4-3-10(7-15-13)2-1-5-16-8-12(18)6-11(16)9-17/h3-4,7,11-12,17-18H,1-2,5-6,8-9H2. The number of aromatic nitrogens is 1. The molecule has 2 unspecified atom stereocenters. The maximum absolute atomic E-state index is 12.6. The molecule has 0 aliphatic carbocycles. The molecule has 1 saturated heterocycles. The fraction of sp³-hybridized carbons (Fsp3) is 0.615. The van der Waals surface area contributed by atoms with Crippen molar-refractivity contribution in [3.8, 4) is 0 Å². The third kappa shape index (κ3) is 3.48. The summed E-state index contributed by atoms with van der Waals surface area (Å²) in [6.07, 6.45) is 3.62. The van der Waals surface area contributed by atoms with Crippen LogP contribution in [0.4, 0.5) is 4.39 Å². The highest BCUT2D eigenvalue weighted by Crippen LogP contribution is 2.18. The van der Waals surface area contributed by atoms with Crippen LogP contribution in [-0.4, -0.2) is 51.9 Å². The normalized spacial score (nSPS) is 24.6. The van der Waals surface area contributed by atoms with Crippen LogP contribution in [0.3, 0.4) is 0 Å². The van der Waals surface area contributed by atoms with Crippen molar-refractivity contribution >= 4 is 0 Å². The Hall–Kier alpha value is -1.04. The first-order chi connectivity index (χ1) is 8.69. The summed E-state index contributed by atoms with van der Waals surface area (Å²) in [5.41, 5.74) is 1.01. The predicted molar refractivity (Wildman–Crippen MR) is 65.6 cm³/mol. The Morgan fingerprint density at radius 3 is 2.94 bits per heavy atom. The second-order valence-corrected chi connectivity index (χ2v) is 4.81. The van der Waals surface area contributed by atoms with Crippen molar-refractivity contribution in [2.75, 3.05) is 19.7 Å². The van der Waals surface area contributed by atoms with Crippen LogP contribution >= 0.6 is 0 Å². The number of rotatable bonds is 5. The highest BCUT2D eigenvalue weighted by molar-refractivity contribution is 5.09. The van der Waals surface area contributed by atoms with Crippen molar-refractivity contribution in [3.05, 3.63) is 29.8 Å². The zero-order valence-corrected chi connectivity index (χ0v) is 10.3. The lowest BCUT2D eigenvalue weighted by Crippen LogP contribution is -2.33. The fourth-order valence-corrected chi connectivity index (χ4v) is 2.46. The Labute approximate surface area is 106 Å². The van der Waals surface area contributed by atoms with E-state index in [2.05, 4.69) is 9.88 Å². The average Bonchev–Trinajstić information content (AvgIpc) is 2.72. The second kappa shape index (κ2) is 6.22. The summed E-state index contributed by atoms with van der Waals surface area (Å²) >= 11 is 0. The zero-order chi connectivity index (χ0) is 13.0. The first kappa shape index (κ1) is 13.4. The van der Waals surface area contributed by atoms with Crippen molar-refractivity contribution in [1.29, 1.82) is 0 Å². The van der Waals surface area contributed by atoms with E-state index in [0.717, 1.165) is 24.9 Å². The van der Waals surface area contributed by atoms with Crippen LogP contribution in [-0.2, 0) is 6.42 Å². The lowest BCUT2D eigenvalue weighted by Gasteiger charge is -2.21. The van der Waals surface area contributed by atoms with Gasteiger partial charge in [0, 0.05) is 18.8 Å². The van der Waals surface area contributed by atoms with Gasteiger partial charge in [-0.05, 0) is 37.4 Å². The summed E-state index contributed by atoms with van der Waals surface area (Å²) in [6.45, 7) is 1.56. The van der Waals surface area contributed by atoms with Crippen LogP contribution in [0.1, 0.15) is 18.4 Å². The quantitative estimate of drug-likeness (QED) is 0.755. The minimum atomic E-state index is -0.457. The topological polar surface area (TPSA) is 56.6 Å². The van der Waals surface area contributed by atoms with E-state index in [9.17, 15) is 14.6 Å². The van der Waals surface area contributed by atoms with E-state index in [1.54, 1.807) is 12.3 Å². The van der Waals surface area contributed by atoms with E-state index in [-0.39, 0.29) is 18.8 Å². The van der Waals surface area contributed by atoms with Crippen LogP contribution in [0.25, 0.3) is 0 Å². The minimum absolute atomic E-state index is 0.0753. The van der Waals surface area contributed by atoms with Gasteiger partial charge in [-0.15, -0.1) is 0 Å². The van der Waals surface area contributed by atoms with Crippen LogP contribution in [0.2, 0.25) is 0 Å². The van der Waals surface area contributed by atoms with E-state index >= 15 is 0 Å². The van der Waals surface area contributed by atoms with Gasteiger partial charge >= 0.3 is 0 Å². The Morgan fingerprint density at radius 2 is 2.28 bits per heavy atom. The van der Waals surface area contributed by atoms with Crippen LogP contribution < -0.4 is 0 Å². The summed E-state index contributed by atoms with van der Waals surface area (Å²) in [4.78, 5) is 5.73. The summed E-state index contributed by atoms with van der Waals surface area (Å²) in [7, 11) is 0. The molecule has 5 heteroatoms. The first-order valence-corrected chi connectivity index (χ1v) is 6.32. The van der Waals surface area contributed by atoms with Crippen molar-refractivity contribution in [2.45, 2.75) is 31.4 Å². The molecule has 0 radical (unpaired) electrons. The zero-order valence-electron chi connectivity index (χ0n) is 10.3. The number of aryl methyl sites for hydroxylation is 1. The fourth-order valence-electron chi connectivity index (χ4n) is 2.46. The highest BCUT2D eigenvalue weighted by atomic mass is 19.1. The molecule has 2 rings (SSSR count). The van der Waals surface area contributed by atoms with Gasteiger partial charge in [0.2, 0.25) is 5.95 Å². The molecule has 18 heavy (non-hydrogen) atoms. The van der Waals surface area contributed by atoms with Crippen LogP contribution in [0, 0.1) is 5.95 Å². The van der Waals surface area contributed by atoms with E-state index in [1.165, 1.54) is 6.07 Å². The smallest absolute Gasteiger partial charge is 0.212 e. The number of halogens is 1. The number of aliphatic hydroxyl groups excluding tert-OH is 2. The van der Waals surface area contributed by atoms with Gasteiger partial charge in [0.05, 0.1) is 12.7 Å². The summed E-state index contributed by atoms with van der Waals surface area (Å²) in [5, 5.41) is 18.7. The summed E-state index contributed by atoms with van der Waals surface area (Å²) in [5.74, 6) is -0.457. The molecule has 2 N–H and O–H groups in total. The molecule has 1 aromatic heterocycles. The molecule has 4 nitrogen and oxygen atoms in total. The number of hydrogen-bond acceptors (Lipinski definition) is 4. The molecule has 1 aromatic rings. The van der Waals surface area contributed by atoms with E-state index in [4.69, 9.17) is 0 Å². The molecule has 0 bridgehead atoms. The molecule has 2 atom stereocenters. The SMILES string of the molecule is OCC1CC(O)CN1CCCc1ccc(F)nc1. The lowest BCUT2D eigenvalue weighted by atomic mass is 10.1. The number of likely N-dealkylation sites (tertiary alicyclic amines) is 1. The van der Waals surface area contributed by atoms with Gasteiger partial charge in [0.15, 0.2) is 0 Å². The van der Waals surface area contributed by atoms with Crippen LogP contribution in [0.15, 0.2) is 18.3 Å². The van der Waals surface area contributed by atoms with E-state index in [1.807, 2.05) is 0 Å². The number of hydrogen-bond donors (Lipinski definition) is 2. The Morgan fingerprint density at radius 1 is 1.44 bits per heavy atom. The van der Waals surface area contributed by atoms with Crippen LogP contribution in [0.5, 0.6) is 0 Å². The Bertz CT molecular complexity index is 372. The third-order valence-corrected chi connectivity index (χ3v) is 3.42. The molecule has 0 amide bonds. The first-order valence-electron chi connectivity index (χ1n) is 6.32. The molecule has 100 valence electrons. The van der Waals surface area contributed by atoms with Crippen molar-refractivity contribution in [3.63, 3.8) is 0 Å². The number of aliphatic hydroxyl groups is 2. The van der Waals surface area contributed by atoms with Gasteiger partial charge in [-0.25, -0.2) is 4.98 Å². The molecular formula is C13H19FN2O2. The maximum Gasteiger partial charge on any atom is 0.212 e. The Kier molecular flexibility index (Phi) is 4.63. The third-order valence-electron chi connectivity index (χ3n) is 3.42. The Balaban J connectivity index is 1.76. The van der Waals surface area contributed by atoms with Gasteiger partial charge in [0.1, 0.15) is 0 Å². The second-order valence-electron chi connectivity index (χ2n) is 4.81. The molecule has 1 aliphatic heterocycles. The average molecular weight is 254 g/mol. The van der Waals surface area contributed by atoms with E-state index < -0.39 is 5.95 Å². The summed E-state index contributed by atoms with van der Waals surface area (Å²) < 4.78 is 12.6. The van der Waals surface area contributed by atoms with E-state index in [0.29, 0.717) is 13.0 Å². The molecular weight excluding hydrogens is 235 g/mol. The molecule has 0 spiro atoms. The van der Waals surface area contributed by atoms with Gasteiger partial charge in [-0.2, -0.15) is 4.39 Å². The maximum atomic E-state index is 12.6. The number of nitrogens with zero attached hydrogens (tertiary/aromatic N) is 2. The molecule has 0 aromatic carbocycles. The monoisotopic (exact) mass is 254 g/mol. The van der Waals surface area contributed by atoms with Gasteiger partial charge < -0.3 is 10.2 Å². The largest absolute Gasteiger partial charge is 0.395 e. The number of pyridine rings is 1. The molecule has 2 heterocycles. The lowest BCUT2D eigenvalue weighted by molar-refractivity contribution is 0.154. The highest BCUT2D eigenvalue weighted by Gasteiger charge is 2.29. The van der Waals surface area contributed by atoms with Crippen molar-refractivity contribution in [2.24, 2.45) is 0 Å². The van der Waals surface area contributed by atoms with Gasteiger partial charge in [0.25, 0.3) is 0 Å². The predicted octanol–water partition coefficient (Wildman–Crippen LogP) is 0.581. The molecule has 1 aliphatic rings. The molecule has 0 saturated carbocycles. The van der Waals surface area contributed by atoms with Crippen molar-refractivity contribution in [1.82, 2.24) is 9.88 Å². The molecule has 1 fully saturated rings. The van der Waals surface area contributed by atoms with Gasteiger partial charge in [-0.3, -0.25) is 4.90 Å². The minimum Gasteiger partial charge on any atom is -0.395 e.